The number of allylic oxidation sites excluding steroid dienone is 1. The number of amides is 2. The second kappa shape index (κ2) is 7.20. The van der Waals surface area contributed by atoms with Crippen molar-refractivity contribution in [1.29, 1.82) is 0 Å². The van der Waals surface area contributed by atoms with Gasteiger partial charge < -0.3 is 19.9 Å². The highest BCUT2D eigenvalue weighted by Gasteiger charge is 2.56. The lowest BCUT2D eigenvalue weighted by molar-refractivity contribution is -0.140. The van der Waals surface area contributed by atoms with Gasteiger partial charge in [0.25, 0.3) is 5.56 Å². The van der Waals surface area contributed by atoms with Crippen LogP contribution in [0.1, 0.15) is 44.0 Å². The lowest BCUT2D eigenvalue weighted by Crippen LogP contribution is -2.50. The van der Waals surface area contributed by atoms with Gasteiger partial charge in [-0.05, 0) is 37.8 Å². The molecule has 1 saturated carbocycles. The van der Waals surface area contributed by atoms with Crippen molar-refractivity contribution in [2.45, 2.75) is 45.3 Å². The van der Waals surface area contributed by atoms with Gasteiger partial charge in [-0.3, -0.25) is 14.4 Å². The van der Waals surface area contributed by atoms with E-state index in [1.54, 1.807) is 21.6 Å². The third-order valence-electron chi connectivity index (χ3n) is 6.35. The smallest absolute Gasteiger partial charge is 0.258 e. The summed E-state index contributed by atoms with van der Waals surface area (Å²) in [6.07, 6.45) is 5.84. The van der Waals surface area contributed by atoms with Crippen molar-refractivity contribution < 1.29 is 14.7 Å². The third kappa shape index (κ3) is 2.98. The number of nitrogens with one attached hydrogen (secondary N) is 1. The van der Waals surface area contributed by atoms with Crippen molar-refractivity contribution in [1.82, 2.24) is 14.8 Å². The topological polar surface area (TPSA) is 91.6 Å². The zero-order chi connectivity index (χ0) is 20.0. The minimum atomic E-state index is -0.699. The van der Waals surface area contributed by atoms with Gasteiger partial charge in [-0.2, -0.15) is 0 Å². The number of hydrogen-bond donors (Lipinski definition) is 2. The molecule has 4 atom stereocenters. The highest BCUT2D eigenvalue weighted by molar-refractivity contribution is 5.88. The Balaban J connectivity index is 1.71. The van der Waals surface area contributed by atoms with Gasteiger partial charge in [-0.25, -0.2) is 0 Å². The van der Waals surface area contributed by atoms with Crippen LogP contribution in [0.4, 0.5) is 0 Å². The molecule has 0 spiro atoms. The van der Waals surface area contributed by atoms with E-state index in [2.05, 4.69) is 5.32 Å². The van der Waals surface area contributed by atoms with Crippen LogP contribution in [0.25, 0.3) is 6.08 Å². The molecule has 0 unspecified atom stereocenters. The number of aliphatic hydroxyl groups excluding tert-OH is 1. The van der Waals surface area contributed by atoms with E-state index in [-0.39, 0.29) is 35.9 Å². The quantitative estimate of drug-likeness (QED) is 0.788. The van der Waals surface area contributed by atoms with Gasteiger partial charge in [0.15, 0.2) is 0 Å². The summed E-state index contributed by atoms with van der Waals surface area (Å²) < 4.78 is 1.70. The molecule has 2 aliphatic heterocycles. The van der Waals surface area contributed by atoms with Crippen LogP contribution < -0.4 is 10.9 Å². The number of hydrogen-bond acceptors (Lipinski definition) is 4. The Labute approximate surface area is 164 Å². The van der Waals surface area contributed by atoms with Crippen molar-refractivity contribution in [2.24, 2.45) is 17.8 Å². The molecule has 3 heterocycles. The second-order valence-electron chi connectivity index (χ2n) is 8.14. The van der Waals surface area contributed by atoms with E-state index in [0.717, 1.165) is 18.5 Å². The summed E-state index contributed by atoms with van der Waals surface area (Å²) >= 11 is 0. The zero-order valence-electron chi connectivity index (χ0n) is 16.3. The first-order valence-electron chi connectivity index (χ1n) is 10.0. The summed E-state index contributed by atoms with van der Waals surface area (Å²) in [5.74, 6) is -0.421. The minimum Gasteiger partial charge on any atom is -0.396 e. The number of pyridine rings is 1. The van der Waals surface area contributed by atoms with Gasteiger partial charge >= 0.3 is 0 Å². The molecule has 7 nitrogen and oxygen atoms in total. The molecule has 2 N–H and O–H groups in total. The fourth-order valence-corrected chi connectivity index (χ4v) is 4.84. The number of nitrogens with zero attached hydrogens (tertiary/aromatic N) is 2. The Morgan fingerprint density at radius 1 is 1.32 bits per heavy atom. The van der Waals surface area contributed by atoms with Crippen LogP contribution in [0.5, 0.6) is 0 Å². The van der Waals surface area contributed by atoms with E-state index in [1.165, 1.54) is 6.92 Å². The summed E-state index contributed by atoms with van der Waals surface area (Å²) in [7, 11) is 0. The van der Waals surface area contributed by atoms with E-state index >= 15 is 0 Å². The Hall–Kier alpha value is -2.41. The SMILES string of the molecule is C/C=C/c1ccc2n(c1=O)C[C@@H]1[C@@H](CO)[C@H](C(=O)NCC3CC3)N(C(C)=O)[C@H]21. The van der Waals surface area contributed by atoms with E-state index < -0.39 is 12.0 Å². The van der Waals surface area contributed by atoms with Gasteiger partial charge in [-0.1, -0.05) is 12.2 Å². The van der Waals surface area contributed by atoms with Crippen LogP contribution in [0.3, 0.4) is 0 Å². The summed E-state index contributed by atoms with van der Waals surface area (Å²) in [5, 5.41) is 13.1. The number of likely N-dealkylation sites (tertiary alicyclic amines) is 1. The van der Waals surface area contributed by atoms with Gasteiger partial charge in [0.2, 0.25) is 11.8 Å². The molecule has 3 aliphatic rings. The minimum absolute atomic E-state index is 0.0973. The van der Waals surface area contributed by atoms with Crippen molar-refractivity contribution in [3.63, 3.8) is 0 Å². The molecule has 2 amide bonds. The summed E-state index contributed by atoms with van der Waals surface area (Å²) in [6.45, 7) is 4.14. The van der Waals surface area contributed by atoms with Gasteiger partial charge in [0.05, 0.1) is 6.04 Å². The predicted molar refractivity (Wildman–Crippen MR) is 104 cm³/mol. The monoisotopic (exact) mass is 385 g/mol. The van der Waals surface area contributed by atoms with Crippen molar-refractivity contribution in [3.05, 3.63) is 39.8 Å². The molecule has 4 rings (SSSR count). The van der Waals surface area contributed by atoms with Gasteiger partial charge in [0.1, 0.15) is 6.04 Å². The Kier molecular flexibility index (Phi) is 4.87. The van der Waals surface area contributed by atoms with Crippen molar-refractivity contribution in [2.75, 3.05) is 13.2 Å². The third-order valence-corrected chi connectivity index (χ3v) is 6.35. The molecular weight excluding hydrogens is 358 g/mol. The fraction of sp³-hybridized carbons (Fsp3) is 0.571. The molecule has 1 aromatic heterocycles. The van der Waals surface area contributed by atoms with Crippen molar-refractivity contribution in [3.8, 4) is 0 Å². The second-order valence-corrected chi connectivity index (χ2v) is 8.14. The van der Waals surface area contributed by atoms with Crippen molar-refractivity contribution >= 4 is 17.9 Å². The maximum Gasteiger partial charge on any atom is 0.258 e. The zero-order valence-corrected chi connectivity index (χ0v) is 16.3. The molecule has 150 valence electrons. The first-order valence-corrected chi connectivity index (χ1v) is 10.0. The van der Waals surface area contributed by atoms with Crippen LogP contribution in [0.15, 0.2) is 23.0 Å². The Morgan fingerprint density at radius 3 is 2.68 bits per heavy atom. The summed E-state index contributed by atoms with van der Waals surface area (Å²) in [6, 6.07) is 2.58. The molecule has 0 bridgehead atoms. The average Bonchev–Trinajstić information content (AvgIpc) is 3.33. The van der Waals surface area contributed by atoms with E-state index in [9.17, 15) is 19.5 Å². The number of rotatable bonds is 5. The maximum absolute atomic E-state index is 12.9. The predicted octanol–water partition coefficient (Wildman–Crippen LogP) is 0.918. The maximum atomic E-state index is 12.9. The van der Waals surface area contributed by atoms with E-state index in [0.29, 0.717) is 24.6 Å². The summed E-state index contributed by atoms with van der Waals surface area (Å²) in [4.78, 5) is 39.9. The molecule has 1 aliphatic carbocycles. The molecule has 28 heavy (non-hydrogen) atoms. The molecule has 1 aromatic rings. The summed E-state index contributed by atoms with van der Waals surface area (Å²) in [5.41, 5.74) is 1.24. The number of aliphatic hydroxyl groups is 1. The molecule has 7 heteroatoms. The van der Waals surface area contributed by atoms with Crippen LogP contribution >= 0.6 is 0 Å². The molecular formula is C21H27N3O4. The molecule has 2 fully saturated rings. The largest absolute Gasteiger partial charge is 0.396 e. The first-order chi connectivity index (χ1) is 13.5. The highest BCUT2D eigenvalue weighted by Crippen LogP contribution is 2.49. The number of carbonyl (C=O) groups is 2. The number of fused-ring (bicyclic) bond motifs is 3. The standard InChI is InChI=1S/C21H27N3O4/c1-3-4-14-7-8-17-18-15(10-23(17)21(14)28)16(11-25)19(24(18)12(2)26)20(27)22-9-13-5-6-13/h3-4,7-8,13,15-16,18-19,25H,5-6,9-11H2,1-2H3,(H,22,27)/b4-3+/t15-,16-,18+,19-/m1/s1. The van der Waals surface area contributed by atoms with E-state index in [1.807, 2.05) is 19.1 Å². The number of aromatic nitrogens is 1. The van der Waals surface area contributed by atoms with Crippen LogP contribution in [0, 0.1) is 17.8 Å². The van der Waals surface area contributed by atoms with E-state index in [4.69, 9.17) is 0 Å². The lowest BCUT2D eigenvalue weighted by Gasteiger charge is -2.30. The number of carbonyl (C=O) groups excluding carboxylic acids is 2. The lowest BCUT2D eigenvalue weighted by atomic mass is 9.88. The Morgan fingerprint density at radius 2 is 2.07 bits per heavy atom. The van der Waals surface area contributed by atoms with Gasteiger partial charge in [-0.15, -0.1) is 0 Å². The van der Waals surface area contributed by atoms with Crippen LogP contribution in [-0.4, -0.2) is 45.6 Å². The van der Waals surface area contributed by atoms with Crippen LogP contribution in [-0.2, 0) is 16.1 Å². The molecule has 0 aromatic carbocycles. The highest BCUT2D eigenvalue weighted by atomic mass is 16.3. The average molecular weight is 385 g/mol. The first kappa shape index (κ1) is 18.9. The molecule has 0 radical (unpaired) electrons. The molecule has 1 saturated heterocycles. The Bertz CT molecular complexity index is 886. The van der Waals surface area contributed by atoms with Crippen LogP contribution in [0.2, 0.25) is 0 Å². The fourth-order valence-electron chi connectivity index (χ4n) is 4.84. The van der Waals surface area contributed by atoms with Gasteiger partial charge in [0, 0.05) is 49.7 Å². The normalized spacial score (nSPS) is 28.5.